The van der Waals surface area contributed by atoms with E-state index in [1.807, 2.05) is 44.2 Å². The molecule has 0 aliphatic rings. The molecule has 0 rings (SSSR count). The number of nitrogens with one attached hydrogen (secondary N) is 1. The molecule has 0 unspecified atom stereocenters. The molecule has 0 aromatic heterocycles. The van der Waals surface area contributed by atoms with Gasteiger partial charge in [0.15, 0.2) is 0 Å². The molecule has 0 aromatic rings. The summed E-state index contributed by atoms with van der Waals surface area (Å²) in [5.74, 6) is 0. The van der Waals surface area contributed by atoms with Crippen molar-refractivity contribution in [1.82, 2.24) is 5.32 Å². The molecule has 0 aromatic carbocycles. The average molecular weight is 167 g/mol. The lowest BCUT2D eigenvalue weighted by molar-refractivity contribution is 0.297. The second-order valence-electron chi connectivity index (χ2n) is 2.30. The third kappa shape index (κ3) is 5.74. The predicted molar refractivity (Wildman–Crippen MR) is 52.8 cm³/mol. The summed E-state index contributed by atoms with van der Waals surface area (Å²) < 4.78 is 0. The monoisotopic (exact) mass is 167 g/mol. The van der Waals surface area contributed by atoms with E-state index in [0.29, 0.717) is 6.54 Å². The SMILES string of the molecule is C\C=C/C=C(\C=C/C)NCCO. The molecule has 2 heteroatoms. The highest BCUT2D eigenvalue weighted by Gasteiger charge is 1.86. The number of allylic oxidation sites excluding steroid dienone is 5. The van der Waals surface area contributed by atoms with Gasteiger partial charge in [0, 0.05) is 12.2 Å². The van der Waals surface area contributed by atoms with E-state index in [1.54, 1.807) is 0 Å². The molecule has 0 aliphatic heterocycles. The number of hydrogen-bond acceptors (Lipinski definition) is 2. The summed E-state index contributed by atoms with van der Waals surface area (Å²) in [7, 11) is 0. The first kappa shape index (κ1) is 11.0. The molecule has 2 N–H and O–H groups in total. The molecule has 12 heavy (non-hydrogen) atoms. The van der Waals surface area contributed by atoms with Crippen LogP contribution in [0.2, 0.25) is 0 Å². The van der Waals surface area contributed by atoms with Crippen LogP contribution in [0.5, 0.6) is 0 Å². The molecule has 2 nitrogen and oxygen atoms in total. The first-order chi connectivity index (χ1) is 5.85. The van der Waals surface area contributed by atoms with E-state index in [-0.39, 0.29) is 6.61 Å². The van der Waals surface area contributed by atoms with Crippen molar-refractivity contribution in [3.05, 3.63) is 36.1 Å². The largest absolute Gasteiger partial charge is 0.395 e. The molecular formula is C10H17NO. The van der Waals surface area contributed by atoms with Crippen molar-refractivity contribution in [3.63, 3.8) is 0 Å². The van der Waals surface area contributed by atoms with Crippen LogP contribution in [0.4, 0.5) is 0 Å². The van der Waals surface area contributed by atoms with Crippen molar-refractivity contribution in [2.45, 2.75) is 13.8 Å². The number of aliphatic hydroxyl groups excluding tert-OH is 1. The van der Waals surface area contributed by atoms with E-state index in [4.69, 9.17) is 5.11 Å². The second kappa shape index (κ2) is 8.08. The Kier molecular flexibility index (Phi) is 7.39. The van der Waals surface area contributed by atoms with Gasteiger partial charge in [0.05, 0.1) is 6.61 Å². The minimum atomic E-state index is 0.157. The molecule has 0 spiro atoms. The number of aliphatic hydroxyl groups is 1. The Hall–Kier alpha value is -1.02. The van der Waals surface area contributed by atoms with Gasteiger partial charge < -0.3 is 10.4 Å². The number of rotatable bonds is 5. The molecule has 0 heterocycles. The fourth-order valence-electron chi connectivity index (χ4n) is 0.753. The zero-order valence-corrected chi connectivity index (χ0v) is 7.75. The molecule has 0 amide bonds. The Labute approximate surface area is 74.3 Å². The molecular weight excluding hydrogens is 150 g/mol. The zero-order chi connectivity index (χ0) is 9.23. The molecule has 0 fully saturated rings. The minimum absolute atomic E-state index is 0.157. The maximum atomic E-state index is 8.58. The van der Waals surface area contributed by atoms with Gasteiger partial charge in [-0.25, -0.2) is 0 Å². The fraction of sp³-hybridized carbons (Fsp3) is 0.400. The Balaban J connectivity index is 4.02. The summed E-state index contributed by atoms with van der Waals surface area (Å²) in [6, 6.07) is 0. The van der Waals surface area contributed by atoms with Crippen molar-refractivity contribution in [1.29, 1.82) is 0 Å². The van der Waals surface area contributed by atoms with Crippen molar-refractivity contribution < 1.29 is 5.11 Å². The molecule has 0 aliphatic carbocycles. The van der Waals surface area contributed by atoms with Crippen molar-refractivity contribution in [3.8, 4) is 0 Å². The Morgan fingerprint density at radius 1 is 1.33 bits per heavy atom. The summed E-state index contributed by atoms with van der Waals surface area (Å²) in [6.45, 7) is 4.68. The summed E-state index contributed by atoms with van der Waals surface area (Å²) in [5, 5.41) is 11.7. The van der Waals surface area contributed by atoms with Gasteiger partial charge in [0.25, 0.3) is 0 Å². The van der Waals surface area contributed by atoms with Crippen molar-refractivity contribution >= 4 is 0 Å². The lowest BCUT2D eigenvalue weighted by atomic mass is 10.3. The highest BCUT2D eigenvalue weighted by Crippen LogP contribution is 1.92. The van der Waals surface area contributed by atoms with E-state index in [1.165, 1.54) is 0 Å². The Morgan fingerprint density at radius 3 is 2.58 bits per heavy atom. The second-order valence-corrected chi connectivity index (χ2v) is 2.30. The maximum Gasteiger partial charge on any atom is 0.0604 e. The van der Waals surface area contributed by atoms with Crippen LogP contribution in [0, 0.1) is 0 Å². The van der Waals surface area contributed by atoms with E-state index in [2.05, 4.69) is 5.32 Å². The van der Waals surface area contributed by atoms with E-state index < -0.39 is 0 Å². The van der Waals surface area contributed by atoms with Crippen molar-refractivity contribution in [2.24, 2.45) is 0 Å². The summed E-state index contributed by atoms with van der Waals surface area (Å²) in [6.07, 6.45) is 9.81. The van der Waals surface area contributed by atoms with Crippen LogP contribution in [-0.2, 0) is 0 Å². The highest BCUT2D eigenvalue weighted by molar-refractivity contribution is 5.21. The van der Waals surface area contributed by atoms with Crippen molar-refractivity contribution in [2.75, 3.05) is 13.2 Å². The standard InChI is InChI=1S/C10H17NO/c1-3-5-7-10(6-4-2)11-8-9-12/h3-7,11-12H,8-9H2,1-2H3/b5-3-,6-4-,10-7+. The third-order valence-electron chi connectivity index (χ3n) is 1.26. The van der Waals surface area contributed by atoms with Gasteiger partial charge >= 0.3 is 0 Å². The van der Waals surface area contributed by atoms with Crippen LogP contribution in [0.25, 0.3) is 0 Å². The summed E-state index contributed by atoms with van der Waals surface area (Å²) in [4.78, 5) is 0. The normalized spacial score (nSPS) is 13.1. The van der Waals surface area contributed by atoms with Crippen LogP contribution in [0.15, 0.2) is 36.1 Å². The average Bonchev–Trinajstić information content (AvgIpc) is 2.10. The topological polar surface area (TPSA) is 32.3 Å². The third-order valence-corrected chi connectivity index (χ3v) is 1.26. The van der Waals surface area contributed by atoms with Gasteiger partial charge in [-0.3, -0.25) is 0 Å². The smallest absolute Gasteiger partial charge is 0.0604 e. The van der Waals surface area contributed by atoms with E-state index in [9.17, 15) is 0 Å². The summed E-state index contributed by atoms with van der Waals surface area (Å²) in [5.41, 5.74) is 1.02. The fourth-order valence-corrected chi connectivity index (χ4v) is 0.753. The van der Waals surface area contributed by atoms with Gasteiger partial charge in [0.1, 0.15) is 0 Å². The van der Waals surface area contributed by atoms with Gasteiger partial charge in [0.2, 0.25) is 0 Å². The van der Waals surface area contributed by atoms with Gasteiger partial charge in [-0.1, -0.05) is 18.2 Å². The first-order valence-corrected chi connectivity index (χ1v) is 4.15. The summed E-state index contributed by atoms with van der Waals surface area (Å²) >= 11 is 0. The lowest BCUT2D eigenvalue weighted by Gasteiger charge is -2.03. The van der Waals surface area contributed by atoms with Gasteiger partial charge in [-0.05, 0) is 26.0 Å². The lowest BCUT2D eigenvalue weighted by Crippen LogP contribution is -2.16. The maximum absolute atomic E-state index is 8.58. The zero-order valence-electron chi connectivity index (χ0n) is 7.75. The van der Waals surface area contributed by atoms with E-state index in [0.717, 1.165) is 5.70 Å². The van der Waals surface area contributed by atoms with Crippen LogP contribution in [0.1, 0.15) is 13.8 Å². The van der Waals surface area contributed by atoms with Crippen LogP contribution >= 0.6 is 0 Å². The molecule has 0 saturated heterocycles. The molecule has 0 saturated carbocycles. The molecule has 0 bridgehead atoms. The quantitative estimate of drug-likeness (QED) is 0.610. The highest BCUT2D eigenvalue weighted by atomic mass is 16.3. The van der Waals surface area contributed by atoms with Crippen LogP contribution < -0.4 is 5.32 Å². The van der Waals surface area contributed by atoms with E-state index >= 15 is 0 Å². The molecule has 0 radical (unpaired) electrons. The van der Waals surface area contributed by atoms with Gasteiger partial charge in [-0.15, -0.1) is 0 Å². The first-order valence-electron chi connectivity index (χ1n) is 4.15. The van der Waals surface area contributed by atoms with Gasteiger partial charge in [-0.2, -0.15) is 0 Å². The predicted octanol–water partition coefficient (Wildman–Crippen LogP) is 1.60. The molecule has 68 valence electrons. The number of hydrogen-bond donors (Lipinski definition) is 2. The van der Waals surface area contributed by atoms with Crippen LogP contribution in [-0.4, -0.2) is 18.3 Å². The minimum Gasteiger partial charge on any atom is -0.395 e. The Morgan fingerprint density at radius 2 is 2.08 bits per heavy atom. The van der Waals surface area contributed by atoms with Crippen LogP contribution in [0.3, 0.4) is 0 Å². The Bertz CT molecular complexity index is 180. The molecule has 0 atom stereocenters.